The summed E-state index contributed by atoms with van der Waals surface area (Å²) in [4.78, 5) is 12.3. The van der Waals surface area contributed by atoms with Gasteiger partial charge in [-0.15, -0.1) is 0 Å². The third-order valence-electron chi connectivity index (χ3n) is 4.12. The van der Waals surface area contributed by atoms with Crippen LogP contribution in [0.2, 0.25) is 0 Å². The van der Waals surface area contributed by atoms with Crippen LogP contribution in [-0.4, -0.2) is 25.8 Å². The van der Waals surface area contributed by atoms with Gasteiger partial charge in [0.2, 0.25) is 5.91 Å². The molecule has 1 aliphatic rings. The summed E-state index contributed by atoms with van der Waals surface area (Å²) >= 11 is 0. The quantitative estimate of drug-likeness (QED) is 0.938. The molecule has 3 rings (SSSR count). The number of para-hydroxylation sites is 1. The Kier molecular flexibility index (Phi) is 4.48. The van der Waals surface area contributed by atoms with Crippen LogP contribution < -0.4 is 5.32 Å². The molecule has 0 radical (unpaired) electrons. The van der Waals surface area contributed by atoms with Crippen LogP contribution in [0.4, 0.5) is 5.69 Å². The Bertz CT molecular complexity index is 800. The zero-order chi connectivity index (χ0) is 16.3. The molecule has 1 amide bonds. The van der Waals surface area contributed by atoms with Crippen molar-refractivity contribution in [1.82, 2.24) is 0 Å². The molecule has 1 saturated heterocycles. The van der Waals surface area contributed by atoms with Gasteiger partial charge in [0, 0.05) is 5.69 Å². The first-order valence-corrected chi connectivity index (χ1v) is 9.49. The molecule has 1 heterocycles. The monoisotopic (exact) mass is 329 g/mol. The largest absolute Gasteiger partial charge is 0.326 e. The van der Waals surface area contributed by atoms with E-state index in [1.54, 1.807) is 0 Å². The molecule has 0 aliphatic carbocycles. The van der Waals surface area contributed by atoms with Crippen LogP contribution in [0.5, 0.6) is 0 Å². The van der Waals surface area contributed by atoms with Gasteiger partial charge in [-0.3, -0.25) is 4.79 Å². The number of carbonyl (C=O) groups excluding carboxylic acids is 1. The average Bonchev–Trinajstić information content (AvgIpc) is 2.90. The molecule has 0 saturated carbocycles. The highest BCUT2D eigenvalue weighted by molar-refractivity contribution is 7.91. The van der Waals surface area contributed by atoms with E-state index in [2.05, 4.69) is 5.32 Å². The van der Waals surface area contributed by atoms with Crippen molar-refractivity contribution in [3.05, 3.63) is 65.7 Å². The normalized spacial score (nSPS) is 19.4. The minimum absolute atomic E-state index is 0.0420. The highest BCUT2D eigenvalue weighted by Gasteiger charge is 2.33. The fourth-order valence-electron chi connectivity index (χ4n) is 2.85. The van der Waals surface area contributed by atoms with Crippen LogP contribution in [0, 0.1) is 5.92 Å². The molecule has 2 aromatic carbocycles. The van der Waals surface area contributed by atoms with Gasteiger partial charge in [-0.05, 0) is 30.0 Å². The van der Waals surface area contributed by atoms with Crippen LogP contribution in [-0.2, 0) is 21.1 Å². The Morgan fingerprint density at radius 2 is 1.74 bits per heavy atom. The molecule has 23 heavy (non-hydrogen) atoms. The fraction of sp³-hybridized carbons (Fsp3) is 0.278. The molecule has 120 valence electrons. The number of benzene rings is 2. The van der Waals surface area contributed by atoms with Crippen LogP contribution in [0.25, 0.3) is 0 Å². The second-order valence-corrected chi connectivity index (χ2v) is 8.14. The van der Waals surface area contributed by atoms with Crippen molar-refractivity contribution in [3.8, 4) is 0 Å². The van der Waals surface area contributed by atoms with Gasteiger partial charge in [0.25, 0.3) is 0 Å². The standard InChI is InChI=1S/C18H19NO3S/c20-18(16-10-11-23(21,22)13-16)19-17-9-5-4-8-15(17)12-14-6-2-1-3-7-14/h1-9,16H,10-13H2,(H,19,20). The number of anilines is 1. The molecular weight excluding hydrogens is 310 g/mol. The highest BCUT2D eigenvalue weighted by atomic mass is 32.2. The molecule has 0 spiro atoms. The molecule has 5 heteroatoms. The lowest BCUT2D eigenvalue weighted by atomic mass is 10.0. The zero-order valence-corrected chi connectivity index (χ0v) is 13.6. The van der Waals surface area contributed by atoms with E-state index in [1.165, 1.54) is 0 Å². The van der Waals surface area contributed by atoms with Crippen molar-refractivity contribution in [2.45, 2.75) is 12.8 Å². The maximum atomic E-state index is 12.3. The van der Waals surface area contributed by atoms with E-state index in [1.807, 2.05) is 54.6 Å². The molecule has 4 nitrogen and oxygen atoms in total. The summed E-state index contributed by atoms with van der Waals surface area (Å²) in [5.74, 6) is -0.576. The molecule has 2 aromatic rings. The lowest BCUT2D eigenvalue weighted by molar-refractivity contribution is -0.119. The SMILES string of the molecule is O=C(Nc1ccccc1Cc1ccccc1)C1CCS(=O)(=O)C1. The third kappa shape index (κ3) is 3.99. The van der Waals surface area contributed by atoms with E-state index in [0.29, 0.717) is 6.42 Å². The van der Waals surface area contributed by atoms with Gasteiger partial charge in [-0.2, -0.15) is 0 Å². The van der Waals surface area contributed by atoms with Crippen LogP contribution in [0.3, 0.4) is 0 Å². The summed E-state index contributed by atoms with van der Waals surface area (Å²) in [5, 5.41) is 2.91. The van der Waals surface area contributed by atoms with Gasteiger partial charge in [-0.1, -0.05) is 48.5 Å². The fourth-order valence-corrected chi connectivity index (χ4v) is 4.59. The smallest absolute Gasteiger partial charge is 0.228 e. The third-order valence-corrected chi connectivity index (χ3v) is 5.88. The van der Waals surface area contributed by atoms with Gasteiger partial charge in [0.15, 0.2) is 9.84 Å². The molecule has 1 aliphatic heterocycles. The number of carbonyl (C=O) groups is 1. The van der Waals surface area contributed by atoms with E-state index < -0.39 is 15.8 Å². The number of hydrogen-bond donors (Lipinski definition) is 1. The minimum atomic E-state index is -3.05. The van der Waals surface area contributed by atoms with Crippen molar-refractivity contribution in [2.24, 2.45) is 5.92 Å². The van der Waals surface area contributed by atoms with Gasteiger partial charge < -0.3 is 5.32 Å². The van der Waals surface area contributed by atoms with Gasteiger partial charge in [0.05, 0.1) is 17.4 Å². The van der Waals surface area contributed by atoms with Gasteiger partial charge in [0.1, 0.15) is 0 Å². The lowest BCUT2D eigenvalue weighted by Crippen LogP contribution is -2.24. The second kappa shape index (κ2) is 6.54. The number of nitrogens with one attached hydrogen (secondary N) is 1. The van der Waals surface area contributed by atoms with E-state index >= 15 is 0 Å². The lowest BCUT2D eigenvalue weighted by Gasteiger charge is -2.13. The number of rotatable bonds is 4. The maximum absolute atomic E-state index is 12.3. The molecule has 1 atom stereocenters. The van der Waals surface area contributed by atoms with Crippen LogP contribution in [0.1, 0.15) is 17.5 Å². The summed E-state index contributed by atoms with van der Waals surface area (Å²) in [6, 6.07) is 17.7. The predicted molar refractivity (Wildman–Crippen MR) is 91.1 cm³/mol. The van der Waals surface area contributed by atoms with Crippen LogP contribution in [0.15, 0.2) is 54.6 Å². The first-order valence-electron chi connectivity index (χ1n) is 7.67. The van der Waals surface area contributed by atoms with Crippen LogP contribution >= 0.6 is 0 Å². The topological polar surface area (TPSA) is 63.2 Å². The average molecular weight is 329 g/mol. The van der Waals surface area contributed by atoms with Crippen molar-refractivity contribution in [1.29, 1.82) is 0 Å². The van der Waals surface area contributed by atoms with Crippen molar-refractivity contribution in [2.75, 3.05) is 16.8 Å². The second-order valence-electron chi connectivity index (χ2n) is 5.91. The highest BCUT2D eigenvalue weighted by Crippen LogP contribution is 2.23. The predicted octanol–water partition coefficient (Wildman–Crippen LogP) is 2.65. The summed E-state index contributed by atoms with van der Waals surface area (Å²) in [7, 11) is -3.05. The van der Waals surface area contributed by atoms with Crippen molar-refractivity contribution in [3.63, 3.8) is 0 Å². The summed E-state index contributed by atoms with van der Waals surface area (Å²) in [6.45, 7) is 0. The number of sulfone groups is 1. The summed E-state index contributed by atoms with van der Waals surface area (Å²) < 4.78 is 23.1. The molecule has 1 unspecified atom stereocenters. The zero-order valence-electron chi connectivity index (χ0n) is 12.7. The summed E-state index contributed by atoms with van der Waals surface area (Å²) in [6.07, 6.45) is 1.13. The van der Waals surface area contributed by atoms with E-state index in [9.17, 15) is 13.2 Å². The Morgan fingerprint density at radius 1 is 1.04 bits per heavy atom. The van der Waals surface area contributed by atoms with Crippen molar-refractivity contribution >= 4 is 21.4 Å². The molecule has 0 bridgehead atoms. The van der Waals surface area contributed by atoms with Gasteiger partial charge in [-0.25, -0.2) is 8.42 Å². The van der Waals surface area contributed by atoms with E-state index in [4.69, 9.17) is 0 Å². The molecule has 1 N–H and O–H groups in total. The Hall–Kier alpha value is -2.14. The summed E-state index contributed by atoms with van der Waals surface area (Å²) in [5.41, 5.74) is 2.94. The number of hydrogen-bond acceptors (Lipinski definition) is 3. The maximum Gasteiger partial charge on any atom is 0.228 e. The first-order chi connectivity index (χ1) is 11.0. The number of amides is 1. The van der Waals surface area contributed by atoms with E-state index in [-0.39, 0.29) is 17.4 Å². The molecule has 0 aromatic heterocycles. The molecular formula is C18H19NO3S. The Morgan fingerprint density at radius 3 is 2.43 bits per heavy atom. The Labute approximate surface area is 136 Å². The van der Waals surface area contributed by atoms with E-state index in [0.717, 1.165) is 23.2 Å². The first kappa shape index (κ1) is 15.7. The van der Waals surface area contributed by atoms with Crippen molar-refractivity contribution < 1.29 is 13.2 Å². The molecule has 1 fully saturated rings. The Balaban J connectivity index is 1.74. The minimum Gasteiger partial charge on any atom is -0.326 e. The van der Waals surface area contributed by atoms with Gasteiger partial charge >= 0.3 is 0 Å².